The van der Waals surface area contributed by atoms with Gasteiger partial charge in [-0.2, -0.15) is 0 Å². The first kappa shape index (κ1) is 19.0. The highest BCUT2D eigenvalue weighted by Crippen LogP contribution is 2.11. The van der Waals surface area contributed by atoms with Crippen molar-refractivity contribution in [3.8, 4) is 0 Å². The number of hydrogen-bond donors (Lipinski definition) is 0. The summed E-state index contributed by atoms with van der Waals surface area (Å²) < 4.78 is 4.73. The Morgan fingerprint density at radius 1 is 1.05 bits per heavy atom. The number of halogens is 2. The van der Waals surface area contributed by atoms with Crippen molar-refractivity contribution in [1.82, 2.24) is 0 Å². The molecule has 0 rings (SSSR count). The van der Waals surface area contributed by atoms with E-state index in [9.17, 15) is 4.79 Å². The molecule has 0 unspecified atom stereocenters. The maximum absolute atomic E-state index is 10.8. The topological polar surface area (TPSA) is 26.3 Å². The normalized spacial score (nSPS) is 10.7. The second-order valence-corrected chi connectivity index (χ2v) is 7.77. The summed E-state index contributed by atoms with van der Waals surface area (Å²) in [5.74, 6) is -0.322. The van der Waals surface area contributed by atoms with Crippen LogP contribution >= 0.6 is 23.2 Å². The van der Waals surface area contributed by atoms with Gasteiger partial charge in [0.1, 0.15) is 0 Å². The van der Waals surface area contributed by atoms with Gasteiger partial charge in [-0.15, -0.1) is 23.2 Å². The Balaban J connectivity index is 3.03. The van der Waals surface area contributed by atoms with Gasteiger partial charge in [0.25, 0.3) is 0 Å². The predicted octanol–water partition coefficient (Wildman–Crippen LogP) is 4.72. The third-order valence-corrected chi connectivity index (χ3v) is 4.66. The van der Waals surface area contributed by atoms with Crippen molar-refractivity contribution in [2.75, 3.05) is 6.61 Å². The molecule has 0 aromatic heterocycles. The molecule has 2 nitrogen and oxygen atoms in total. The van der Waals surface area contributed by atoms with E-state index in [2.05, 4.69) is 6.58 Å². The number of rotatable bonds is 13. The molecule has 0 N–H and O–H groups in total. The third-order valence-electron chi connectivity index (χ3n) is 2.78. The van der Waals surface area contributed by atoms with Gasteiger partial charge < -0.3 is 4.74 Å². The predicted molar refractivity (Wildman–Crippen MR) is 84.1 cm³/mol. The Labute approximate surface area is 129 Å². The highest BCUT2D eigenvalue weighted by atomic mass is 35.5. The van der Waals surface area contributed by atoms with E-state index in [1.54, 1.807) is 0 Å². The van der Waals surface area contributed by atoms with Gasteiger partial charge in [0.15, 0.2) is 0 Å². The lowest BCUT2D eigenvalue weighted by molar-refractivity contribution is -0.137. The molecule has 0 aliphatic heterocycles. The third kappa shape index (κ3) is 16.0. The van der Waals surface area contributed by atoms with E-state index in [1.807, 2.05) is 0 Å². The first-order valence-electron chi connectivity index (χ1n) is 6.97. The second-order valence-electron chi connectivity index (χ2n) is 4.45. The fourth-order valence-electron chi connectivity index (χ4n) is 1.73. The smallest absolute Gasteiger partial charge is 0.330 e. The number of carbonyl (C=O) groups is 1. The molecule has 0 aromatic carbocycles. The molecule has 110 valence electrons. The van der Waals surface area contributed by atoms with Crippen molar-refractivity contribution in [2.24, 2.45) is 0 Å². The number of alkyl halides is 2. The minimum absolute atomic E-state index is 0.171. The largest absolute Gasteiger partial charge is 0.463 e. The number of ether oxygens (including phenoxy) is 1. The van der Waals surface area contributed by atoms with Gasteiger partial charge in [0.05, 0.1) is 20.6 Å². The lowest BCUT2D eigenvalue weighted by atomic mass is 10.1. The molecule has 5 heteroatoms. The molecule has 0 atom stereocenters. The van der Waals surface area contributed by atoms with Gasteiger partial charge in [-0.05, 0) is 6.42 Å². The van der Waals surface area contributed by atoms with Gasteiger partial charge in [0, 0.05) is 6.08 Å². The molecule has 0 saturated heterocycles. The molecule has 0 aromatic rings. The quantitative estimate of drug-likeness (QED) is 0.161. The van der Waals surface area contributed by atoms with Crippen LogP contribution < -0.4 is 0 Å². The van der Waals surface area contributed by atoms with Gasteiger partial charge in [-0.1, -0.05) is 57.6 Å². The Morgan fingerprint density at radius 3 is 2.11 bits per heavy atom. The summed E-state index contributed by atoms with van der Waals surface area (Å²) in [6.45, 7) is 3.87. The van der Waals surface area contributed by atoms with E-state index >= 15 is 0 Å². The molecule has 2 radical (unpaired) electrons. The molecule has 0 heterocycles. The number of unbranched alkanes of at least 4 members (excludes halogenated alkanes) is 7. The standard InChI is InChI=1S/C14H24Cl2O2Si/c1-2-13(17)18-11-9-7-5-3-4-6-8-10-12-19-14(15)16/h2,14H,1,3-12H2. The lowest BCUT2D eigenvalue weighted by Crippen LogP contribution is -2.01. The monoisotopic (exact) mass is 322 g/mol. The SMILES string of the molecule is C=CC(=O)OCCCCCCCCCC[Si]C(Cl)Cl. The van der Waals surface area contributed by atoms with E-state index < -0.39 is 0 Å². The van der Waals surface area contributed by atoms with Gasteiger partial charge >= 0.3 is 5.97 Å². The highest BCUT2D eigenvalue weighted by Gasteiger charge is 1.99. The second kappa shape index (κ2) is 14.4. The molecule has 0 spiro atoms. The first-order chi connectivity index (χ1) is 9.16. The fourth-order valence-corrected chi connectivity index (χ4v) is 3.06. The Morgan fingerprint density at radius 2 is 1.58 bits per heavy atom. The fraction of sp³-hybridized carbons (Fsp3) is 0.786. The summed E-state index contributed by atoms with van der Waals surface area (Å²) in [6, 6.07) is 1.16. The van der Waals surface area contributed by atoms with E-state index in [0.717, 1.165) is 18.9 Å². The zero-order valence-corrected chi connectivity index (χ0v) is 14.0. The van der Waals surface area contributed by atoms with Crippen molar-refractivity contribution in [3.63, 3.8) is 0 Å². The van der Waals surface area contributed by atoms with E-state index in [0.29, 0.717) is 16.1 Å². The first-order valence-corrected chi connectivity index (χ1v) is 9.13. The van der Waals surface area contributed by atoms with Crippen LogP contribution in [0, 0.1) is 0 Å². The van der Waals surface area contributed by atoms with Crippen LogP contribution in [0.5, 0.6) is 0 Å². The molecule has 0 saturated carbocycles. The van der Waals surface area contributed by atoms with Crippen LogP contribution in [0.2, 0.25) is 6.04 Å². The van der Waals surface area contributed by atoms with Crippen LogP contribution in [-0.4, -0.2) is 26.6 Å². The number of esters is 1. The molecule has 0 aliphatic carbocycles. The van der Waals surface area contributed by atoms with E-state index in [-0.39, 0.29) is 10.4 Å². The van der Waals surface area contributed by atoms with Crippen LogP contribution in [-0.2, 0) is 9.53 Å². The molecule has 19 heavy (non-hydrogen) atoms. The number of carbonyl (C=O) groups excluding carboxylic acids is 1. The summed E-state index contributed by atoms with van der Waals surface area (Å²) in [5, 5.41) is 0. The summed E-state index contributed by atoms with van der Waals surface area (Å²) in [7, 11) is 0.681. The maximum Gasteiger partial charge on any atom is 0.330 e. The van der Waals surface area contributed by atoms with Gasteiger partial charge in [-0.25, -0.2) is 4.79 Å². The lowest BCUT2D eigenvalue weighted by Gasteiger charge is -2.03. The average Bonchev–Trinajstić information content (AvgIpc) is 2.39. The van der Waals surface area contributed by atoms with Crippen LogP contribution in [0.4, 0.5) is 0 Å². The maximum atomic E-state index is 10.8. The van der Waals surface area contributed by atoms with E-state index in [1.165, 1.54) is 44.6 Å². The summed E-state index contributed by atoms with van der Waals surface area (Å²) in [6.07, 6.45) is 10.9. The summed E-state index contributed by atoms with van der Waals surface area (Å²) in [4.78, 5) is 10.8. The van der Waals surface area contributed by atoms with Crippen molar-refractivity contribution in [1.29, 1.82) is 0 Å². The van der Waals surface area contributed by atoms with Gasteiger partial charge in [0.2, 0.25) is 0 Å². The molecule has 0 amide bonds. The summed E-state index contributed by atoms with van der Waals surface area (Å²) in [5.41, 5.74) is 0. The van der Waals surface area contributed by atoms with Crippen molar-refractivity contribution in [3.05, 3.63) is 12.7 Å². The highest BCUT2D eigenvalue weighted by molar-refractivity contribution is 6.68. The van der Waals surface area contributed by atoms with Crippen LogP contribution in [0.1, 0.15) is 51.4 Å². The molecular formula is C14H24Cl2O2Si. The van der Waals surface area contributed by atoms with Crippen molar-refractivity contribution >= 4 is 38.7 Å². The minimum Gasteiger partial charge on any atom is -0.463 e. The van der Waals surface area contributed by atoms with Crippen LogP contribution in [0.3, 0.4) is 0 Å². The Kier molecular flexibility index (Phi) is 14.4. The van der Waals surface area contributed by atoms with Gasteiger partial charge in [-0.3, -0.25) is 0 Å². The average molecular weight is 323 g/mol. The molecule has 0 aliphatic rings. The number of hydrogen-bond acceptors (Lipinski definition) is 2. The van der Waals surface area contributed by atoms with Crippen molar-refractivity contribution < 1.29 is 9.53 Å². The Hall–Kier alpha value is 0.00688. The zero-order valence-electron chi connectivity index (χ0n) is 11.5. The molecular weight excluding hydrogens is 299 g/mol. The van der Waals surface area contributed by atoms with Crippen LogP contribution in [0.25, 0.3) is 0 Å². The van der Waals surface area contributed by atoms with Crippen LogP contribution in [0.15, 0.2) is 12.7 Å². The molecule has 0 fully saturated rings. The zero-order chi connectivity index (χ0) is 14.3. The molecule has 0 bridgehead atoms. The minimum atomic E-state index is -0.322. The Bertz CT molecular complexity index is 235. The van der Waals surface area contributed by atoms with Crippen molar-refractivity contribution in [2.45, 2.75) is 61.9 Å². The summed E-state index contributed by atoms with van der Waals surface area (Å²) >= 11 is 11.3. The van der Waals surface area contributed by atoms with E-state index in [4.69, 9.17) is 27.9 Å².